The summed E-state index contributed by atoms with van der Waals surface area (Å²) in [6.07, 6.45) is 4.30. The van der Waals surface area contributed by atoms with E-state index in [4.69, 9.17) is 5.11 Å². The number of rotatable bonds is 3. The van der Waals surface area contributed by atoms with Gasteiger partial charge in [-0.25, -0.2) is 9.78 Å². The molecule has 1 aliphatic heterocycles. The monoisotopic (exact) mass is 266 g/mol. The number of carbonyl (C=O) groups is 2. The molecule has 18 heavy (non-hydrogen) atoms. The van der Waals surface area contributed by atoms with Gasteiger partial charge in [-0.1, -0.05) is 0 Å². The number of amides is 1. The van der Waals surface area contributed by atoms with Crippen molar-refractivity contribution >= 4 is 29.3 Å². The van der Waals surface area contributed by atoms with Crippen molar-refractivity contribution in [1.82, 2.24) is 9.88 Å². The van der Waals surface area contributed by atoms with Crippen molar-refractivity contribution in [3.63, 3.8) is 0 Å². The number of hydrogen-bond acceptors (Lipinski definition) is 4. The van der Waals surface area contributed by atoms with Gasteiger partial charge in [-0.2, -0.15) is 0 Å². The predicted octanol–water partition coefficient (Wildman–Crippen LogP) is 1.54. The number of hydrogen-bond donors (Lipinski definition) is 1. The molecule has 1 N–H and O–H groups in total. The fourth-order valence-corrected chi connectivity index (χ4v) is 2.58. The topological polar surface area (TPSA) is 70.5 Å². The first-order valence-electron chi connectivity index (χ1n) is 5.71. The van der Waals surface area contributed by atoms with Crippen LogP contribution in [-0.2, 0) is 9.59 Å². The summed E-state index contributed by atoms with van der Waals surface area (Å²) >= 11 is 1.51. The van der Waals surface area contributed by atoms with Crippen molar-refractivity contribution in [3.05, 3.63) is 22.2 Å². The van der Waals surface area contributed by atoms with Crippen molar-refractivity contribution < 1.29 is 14.7 Å². The standard InChI is InChI=1S/C12H14N2O3S/c1-8-13-9(7-18-8)4-5-11(15)14-6-2-3-10(14)12(16)17/h4-5,7,10H,2-3,6H2,1H3,(H,16,17)/b5-4+/t10-/m1/s1. The molecular formula is C12H14N2O3S. The zero-order valence-corrected chi connectivity index (χ0v) is 10.8. The summed E-state index contributed by atoms with van der Waals surface area (Å²) in [5.41, 5.74) is 0.733. The van der Waals surface area contributed by atoms with Gasteiger partial charge in [0.15, 0.2) is 0 Å². The molecule has 2 rings (SSSR count). The Kier molecular flexibility index (Phi) is 3.76. The summed E-state index contributed by atoms with van der Waals surface area (Å²) in [7, 11) is 0. The molecule has 0 aliphatic carbocycles. The Morgan fingerprint density at radius 2 is 2.39 bits per heavy atom. The van der Waals surface area contributed by atoms with Crippen molar-refractivity contribution in [2.45, 2.75) is 25.8 Å². The molecule has 0 spiro atoms. The van der Waals surface area contributed by atoms with E-state index in [1.54, 1.807) is 6.08 Å². The van der Waals surface area contributed by atoms with Crippen LogP contribution in [0.1, 0.15) is 23.5 Å². The fourth-order valence-electron chi connectivity index (χ4n) is 2.00. The maximum atomic E-state index is 11.9. The van der Waals surface area contributed by atoms with E-state index in [9.17, 15) is 9.59 Å². The molecule has 1 aromatic rings. The van der Waals surface area contributed by atoms with E-state index in [-0.39, 0.29) is 5.91 Å². The number of aliphatic carboxylic acids is 1. The van der Waals surface area contributed by atoms with Crippen LogP contribution in [0.25, 0.3) is 6.08 Å². The molecule has 0 radical (unpaired) electrons. The average Bonchev–Trinajstić information content (AvgIpc) is 2.94. The van der Waals surface area contributed by atoms with E-state index in [0.29, 0.717) is 13.0 Å². The lowest BCUT2D eigenvalue weighted by Gasteiger charge is -2.19. The van der Waals surface area contributed by atoms with Crippen molar-refractivity contribution in [2.24, 2.45) is 0 Å². The molecule has 1 amide bonds. The van der Waals surface area contributed by atoms with E-state index >= 15 is 0 Å². The van der Waals surface area contributed by atoms with Gasteiger partial charge in [0.2, 0.25) is 5.91 Å². The van der Waals surface area contributed by atoms with Crippen molar-refractivity contribution in [3.8, 4) is 0 Å². The molecule has 0 saturated carbocycles. The Bertz CT molecular complexity index is 495. The van der Waals surface area contributed by atoms with Crippen LogP contribution in [-0.4, -0.2) is 39.5 Å². The van der Waals surface area contributed by atoms with Gasteiger partial charge in [0.25, 0.3) is 0 Å². The summed E-state index contributed by atoms with van der Waals surface area (Å²) in [4.78, 5) is 28.5. The molecule has 0 unspecified atom stereocenters. The van der Waals surface area contributed by atoms with Crippen LogP contribution >= 0.6 is 11.3 Å². The van der Waals surface area contributed by atoms with E-state index in [2.05, 4.69) is 4.98 Å². The molecule has 1 atom stereocenters. The number of aryl methyl sites for hydroxylation is 1. The maximum absolute atomic E-state index is 11.9. The van der Waals surface area contributed by atoms with Gasteiger partial charge in [-0.3, -0.25) is 4.79 Å². The second-order valence-electron chi connectivity index (χ2n) is 4.15. The molecule has 5 nitrogen and oxygen atoms in total. The first-order valence-corrected chi connectivity index (χ1v) is 6.59. The quantitative estimate of drug-likeness (QED) is 0.842. The lowest BCUT2D eigenvalue weighted by atomic mass is 10.2. The lowest BCUT2D eigenvalue weighted by molar-refractivity contribution is -0.146. The molecule has 0 bridgehead atoms. The second-order valence-corrected chi connectivity index (χ2v) is 5.21. The first-order chi connectivity index (χ1) is 8.58. The van der Waals surface area contributed by atoms with Gasteiger partial charge in [-0.05, 0) is 25.8 Å². The number of carboxylic acids is 1. The van der Waals surface area contributed by atoms with Gasteiger partial charge >= 0.3 is 5.97 Å². The summed E-state index contributed by atoms with van der Waals surface area (Å²) in [6.45, 7) is 2.40. The summed E-state index contributed by atoms with van der Waals surface area (Å²) in [5.74, 6) is -1.19. The van der Waals surface area contributed by atoms with E-state index in [0.717, 1.165) is 17.1 Å². The fraction of sp³-hybridized carbons (Fsp3) is 0.417. The molecule has 1 aromatic heterocycles. The van der Waals surface area contributed by atoms with Gasteiger partial charge in [0.1, 0.15) is 6.04 Å². The van der Waals surface area contributed by atoms with Gasteiger partial charge in [0, 0.05) is 18.0 Å². The Labute approximate surface area is 109 Å². The molecular weight excluding hydrogens is 252 g/mol. The molecule has 1 fully saturated rings. The molecule has 2 heterocycles. The largest absolute Gasteiger partial charge is 0.480 e. The van der Waals surface area contributed by atoms with Gasteiger partial charge in [0.05, 0.1) is 10.7 Å². The number of aromatic nitrogens is 1. The molecule has 96 valence electrons. The SMILES string of the molecule is Cc1nc(/C=C/C(=O)N2CCC[C@@H]2C(=O)O)cs1. The number of carbonyl (C=O) groups excluding carboxylic acids is 1. The first kappa shape index (κ1) is 12.8. The minimum Gasteiger partial charge on any atom is -0.480 e. The molecule has 0 aromatic carbocycles. The van der Waals surface area contributed by atoms with Crippen LogP contribution in [0.15, 0.2) is 11.5 Å². The summed E-state index contributed by atoms with van der Waals surface area (Å²) in [6, 6.07) is -0.681. The smallest absolute Gasteiger partial charge is 0.326 e. The van der Waals surface area contributed by atoms with E-state index in [1.807, 2.05) is 12.3 Å². The highest BCUT2D eigenvalue weighted by Gasteiger charge is 2.32. The Balaban J connectivity index is 2.03. The zero-order valence-electron chi connectivity index (χ0n) is 10.00. The summed E-state index contributed by atoms with van der Waals surface area (Å²) < 4.78 is 0. The van der Waals surface area contributed by atoms with Crippen molar-refractivity contribution in [1.29, 1.82) is 0 Å². The third-order valence-corrected chi connectivity index (χ3v) is 3.65. The van der Waals surface area contributed by atoms with Crippen LogP contribution in [0.4, 0.5) is 0 Å². The predicted molar refractivity (Wildman–Crippen MR) is 68.3 cm³/mol. The minimum atomic E-state index is -0.932. The second kappa shape index (κ2) is 5.30. The highest BCUT2D eigenvalue weighted by Crippen LogP contribution is 2.18. The highest BCUT2D eigenvalue weighted by molar-refractivity contribution is 7.09. The number of thiazole rings is 1. The van der Waals surface area contributed by atoms with Crippen LogP contribution in [0, 0.1) is 6.92 Å². The minimum absolute atomic E-state index is 0.259. The molecule has 1 aliphatic rings. The Morgan fingerprint density at radius 1 is 1.61 bits per heavy atom. The lowest BCUT2D eigenvalue weighted by Crippen LogP contribution is -2.39. The average molecular weight is 266 g/mol. The Morgan fingerprint density at radius 3 is 3.00 bits per heavy atom. The maximum Gasteiger partial charge on any atom is 0.326 e. The van der Waals surface area contributed by atoms with Crippen LogP contribution in [0.2, 0.25) is 0 Å². The molecule has 6 heteroatoms. The van der Waals surface area contributed by atoms with Crippen LogP contribution < -0.4 is 0 Å². The van der Waals surface area contributed by atoms with Gasteiger partial charge < -0.3 is 10.0 Å². The zero-order chi connectivity index (χ0) is 13.1. The molecule has 1 saturated heterocycles. The Hall–Kier alpha value is -1.69. The van der Waals surface area contributed by atoms with E-state index < -0.39 is 12.0 Å². The third kappa shape index (κ3) is 2.76. The number of likely N-dealkylation sites (tertiary alicyclic amines) is 1. The number of carboxylic acid groups (broad SMARTS) is 1. The third-order valence-electron chi connectivity index (χ3n) is 2.85. The van der Waals surface area contributed by atoms with Crippen LogP contribution in [0.3, 0.4) is 0 Å². The highest BCUT2D eigenvalue weighted by atomic mass is 32.1. The summed E-state index contributed by atoms with van der Waals surface area (Å²) in [5, 5.41) is 11.8. The normalized spacial score (nSPS) is 19.6. The number of nitrogens with zero attached hydrogens (tertiary/aromatic N) is 2. The van der Waals surface area contributed by atoms with Crippen LogP contribution in [0.5, 0.6) is 0 Å². The van der Waals surface area contributed by atoms with Crippen molar-refractivity contribution in [2.75, 3.05) is 6.54 Å². The van der Waals surface area contributed by atoms with E-state index in [1.165, 1.54) is 22.3 Å². The van der Waals surface area contributed by atoms with Gasteiger partial charge in [-0.15, -0.1) is 11.3 Å².